The molecule has 0 spiro atoms. The molecular weight excluding hydrogens is 324 g/mol. The fourth-order valence-corrected chi connectivity index (χ4v) is 2.07. The molecule has 0 atom stereocenters. The van der Waals surface area contributed by atoms with Crippen LogP contribution >= 0.6 is 15.9 Å². The summed E-state index contributed by atoms with van der Waals surface area (Å²) >= 11 is 3.41. The van der Waals surface area contributed by atoms with E-state index < -0.39 is 0 Å². The van der Waals surface area contributed by atoms with Crippen molar-refractivity contribution in [2.75, 3.05) is 27.2 Å². The number of ether oxygens (including phenoxy) is 1. The summed E-state index contributed by atoms with van der Waals surface area (Å²) in [5.41, 5.74) is 1.47. The molecule has 0 bridgehead atoms. The number of methoxy groups -OCH3 is 1. The van der Waals surface area contributed by atoms with Crippen molar-refractivity contribution < 1.29 is 14.3 Å². The molecule has 1 amide bonds. The minimum Gasteiger partial charge on any atom is -0.465 e. The van der Waals surface area contributed by atoms with Gasteiger partial charge in [-0.3, -0.25) is 4.79 Å². The van der Waals surface area contributed by atoms with E-state index in [0.717, 1.165) is 10.0 Å². The zero-order chi connectivity index (χ0) is 15.1. The summed E-state index contributed by atoms with van der Waals surface area (Å²) in [6.07, 6.45) is 0. The molecular formula is C14H19BrN2O3. The van der Waals surface area contributed by atoms with E-state index >= 15 is 0 Å². The number of hydrogen-bond acceptors (Lipinski definition) is 4. The predicted octanol–water partition coefficient (Wildman–Crippen LogP) is 1.80. The average molecular weight is 343 g/mol. The normalized spacial score (nSPS) is 10.2. The third-order valence-corrected chi connectivity index (χ3v) is 3.70. The number of nitrogens with one attached hydrogen (secondary N) is 1. The Morgan fingerprint density at radius 2 is 2.10 bits per heavy atom. The highest BCUT2D eigenvalue weighted by molar-refractivity contribution is 9.10. The van der Waals surface area contributed by atoms with E-state index in [1.165, 1.54) is 7.11 Å². The minimum absolute atomic E-state index is 0.0507. The van der Waals surface area contributed by atoms with Crippen molar-refractivity contribution in [1.29, 1.82) is 0 Å². The van der Waals surface area contributed by atoms with Crippen LogP contribution in [0, 0.1) is 0 Å². The number of benzene rings is 1. The van der Waals surface area contributed by atoms with Crippen molar-refractivity contribution in [1.82, 2.24) is 10.2 Å². The van der Waals surface area contributed by atoms with Crippen molar-refractivity contribution in [2.45, 2.75) is 13.5 Å². The van der Waals surface area contributed by atoms with E-state index in [0.29, 0.717) is 18.7 Å². The lowest BCUT2D eigenvalue weighted by atomic mass is 10.1. The SMILES string of the molecule is CCN(C)C(=O)CNCc1ccc(C(=O)OC)cc1Br. The van der Waals surface area contributed by atoms with E-state index in [1.54, 1.807) is 24.1 Å². The molecule has 1 aromatic rings. The molecule has 0 aliphatic heterocycles. The van der Waals surface area contributed by atoms with Crippen LogP contribution < -0.4 is 5.32 Å². The molecule has 0 unspecified atom stereocenters. The van der Waals surface area contributed by atoms with E-state index in [-0.39, 0.29) is 18.4 Å². The van der Waals surface area contributed by atoms with Crippen LogP contribution in [0.1, 0.15) is 22.8 Å². The maximum absolute atomic E-state index is 11.6. The van der Waals surface area contributed by atoms with Gasteiger partial charge in [-0.2, -0.15) is 0 Å². The smallest absolute Gasteiger partial charge is 0.337 e. The van der Waals surface area contributed by atoms with Gasteiger partial charge in [0, 0.05) is 24.6 Å². The number of hydrogen-bond donors (Lipinski definition) is 1. The third kappa shape index (κ3) is 4.61. The molecule has 0 heterocycles. The number of nitrogens with zero attached hydrogens (tertiary/aromatic N) is 1. The van der Waals surface area contributed by atoms with Gasteiger partial charge in [0.1, 0.15) is 0 Å². The Morgan fingerprint density at radius 1 is 1.40 bits per heavy atom. The summed E-state index contributed by atoms with van der Waals surface area (Å²) in [6, 6.07) is 5.24. The molecule has 0 aromatic heterocycles. The molecule has 1 aromatic carbocycles. The van der Waals surface area contributed by atoms with E-state index in [4.69, 9.17) is 0 Å². The molecule has 0 aliphatic carbocycles. The average Bonchev–Trinajstić information content (AvgIpc) is 2.46. The first kappa shape index (κ1) is 16.7. The van der Waals surface area contributed by atoms with Gasteiger partial charge in [0.05, 0.1) is 19.2 Å². The fraction of sp³-hybridized carbons (Fsp3) is 0.429. The highest BCUT2D eigenvalue weighted by Crippen LogP contribution is 2.19. The molecule has 0 radical (unpaired) electrons. The lowest BCUT2D eigenvalue weighted by Gasteiger charge is -2.15. The lowest BCUT2D eigenvalue weighted by molar-refractivity contribution is -0.128. The highest BCUT2D eigenvalue weighted by atomic mass is 79.9. The van der Waals surface area contributed by atoms with Gasteiger partial charge in [0.25, 0.3) is 0 Å². The van der Waals surface area contributed by atoms with Crippen molar-refractivity contribution >= 4 is 27.8 Å². The number of carbonyl (C=O) groups is 2. The molecule has 0 saturated carbocycles. The zero-order valence-electron chi connectivity index (χ0n) is 11.9. The van der Waals surface area contributed by atoms with Crippen LogP contribution in [-0.4, -0.2) is 44.0 Å². The van der Waals surface area contributed by atoms with Crippen molar-refractivity contribution in [3.63, 3.8) is 0 Å². The van der Waals surface area contributed by atoms with Gasteiger partial charge < -0.3 is 15.0 Å². The lowest BCUT2D eigenvalue weighted by Crippen LogP contribution is -2.35. The molecule has 6 heteroatoms. The molecule has 0 aliphatic rings. The second-order valence-electron chi connectivity index (χ2n) is 4.31. The van der Waals surface area contributed by atoms with Crippen LogP contribution in [0.25, 0.3) is 0 Å². The molecule has 5 nitrogen and oxygen atoms in total. The Hall–Kier alpha value is -1.40. The predicted molar refractivity (Wildman–Crippen MR) is 80.5 cm³/mol. The van der Waals surface area contributed by atoms with Gasteiger partial charge >= 0.3 is 5.97 Å². The topological polar surface area (TPSA) is 58.6 Å². The van der Waals surface area contributed by atoms with Crippen LogP contribution in [0.3, 0.4) is 0 Å². The van der Waals surface area contributed by atoms with Crippen LogP contribution in [-0.2, 0) is 16.1 Å². The standard InChI is InChI=1S/C14H19BrN2O3/c1-4-17(2)13(18)9-16-8-11-6-5-10(7-12(11)15)14(19)20-3/h5-7,16H,4,8-9H2,1-3H3. The van der Waals surface area contributed by atoms with Gasteiger partial charge in [-0.25, -0.2) is 4.79 Å². The van der Waals surface area contributed by atoms with E-state index in [2.05, 4.69) is 26.0 Å². The Bertz CT molecular complexity index is 491. The van der Waals surface area contributed by atoms with Gasteiger partial charge in [-0.15, -0.1) is 0 Å². The maximum atomic E-state index is 11.6. The summed E-state index contributed by atoms with van der Waals surface area (Å²) in [7, 11) is 3.12. The maximum Gasteiger partial charge on any atom is 0.337 e. The first-order chi connectivity index (χ1) is 9.49. The summed E-state index contributed by atoms with van der Waals surface area (Å²) in [5, 5.41) is 3.08. The van der Waals surface area contributed by atoms with Crippen molar-refractivity contribution in [3.8, 4) is 0 Å². The summed E-state index contributed by atoms with van der Waals surface area (Å²) in [5.74, 6) is -0.320. The number of esters is 1. The second kappa shape index (κ2) is 8.01. The van der Waals surface area contributed by atoms with Crippen LogP contribution in [0.2, 0.25) is 0 Å². The van der Waals surface area contributed by atoms with Gasteiger partial charge in [-0.1, -0.05) is 22.0 Å². The fourth-order valence-electron chi connectivity index (χ4n) is 1.55. The second-order valence-corrected chi connectivity index (χ2v) is 5.16. The van der Waals surface area contributed by atoms with Gasteiger partial charge in [-0.05, 0) is 24.6 Å². The number of carbonyl (C=O) groups excluding carboxylic acids is 2. The molecule has 110 valence electrons. The Balaban J connectivity index is 2.57. The minimum atomic E-state index is -0.370. The van der Waals surface area contributed by atoms with Crippen LogP contribution in [0.4, 0.5) is 0 Å². The quantitative estimate of drug-likeness (QED) is 0.801. The summed E-state index contributed by atoms with van der Waals surface area (Å²) < 4.78 is 5.47. The first-order valence-corrected chi connectivity index (χ1v) is 7.10. The van der Waals surface area contributed by atoms with E-state index in [9.17, 15) is 9.59 Å². The van der Waals surface area contributed by atoms with E-state index in [1.807, 2.05) is 13.0 Å². The van der Waals surface area contributed by atoms with Crippen molar-refractivity contribution in [3.05, 3.63) is 33.8 Å². The zero-order valence-corrected chi connectivity index (χ0v) is 13.5. The third-order valence-electron chi connectivity index (χ3n) is 2.97. The van der Waals surface area contributed by atoms with Crippen LogP contribution in [0.5, 0.6) is 0 Å². The molecule has 1 rings (SSSR count). The first-order valence-electron chi connectivity index (χ1n) is 6.31. The Labute approximate surface area is 127 Å². The highest BCUT2D eigenvalue weighted by Gasteiger charge is 2.09. The molecule has 20 heavy (non-hydrogen) atoms. The summed E-state index contributed by atoms with van der Waals surface area (Å²) in [4.78, 5) is 24.7. The van der Waals surface area contributed by atoms with Crippen molar-refractivity contribution in [2.24, 2.45) is 0 Å². The van der Waals surface area contributed by atoms with Gasteiger partial charge in [0.15, 0.2) is 0 Å². The Kier molecular flexibility index (Phi) is 6.67. The number of halogens is 1. The van der Waals surface area contributed by atoms with Crippen LogP contribution in [0.15, 0.2) is 22.7 Å². The number of likely N-dealkylation sites (N-methyl/N-ethyl adjacent to an activating group) is 1. The largest absolute Gasteiger partial charge is 0.465 e. The summed E-state index contributed by atoms with van der Waals surface area (Å²) in [6.45, 7) is 3.46. The number of amides is 1. The Morgan fingerprint density at radius 3 is 2.65 bits per heavy atom. The monoisotopic (exact) mass is 342 g/mol. The molecule has 1 N–H and O–H groups in total. The molecule has 0 saturated heterocycles. The van der Waals surface area contributed by atoms with Gasteiger partial charge in [0.2, 0.25) is 5.91 Å². The number of rotatable bonds is 6. The molecule has 0 fully saturated rings.